The molecule has 2 aromatic carbocycles. The minimum atomic E-state index is -0.683. The zero-order valence-corrected chi connectivity index (χ0v) is 18.5. The second-order valence-corrected chi connectivity index (χ2v) is 8.43. The molecule has 0 aliphatic carbocycles. The number of benzene rings is 2. The van der Waals surface area contributed by atoms with Crippen molar-refractivity contribution in [3.63, 3.8) is 0 Å². The Morgan fingerprint density at radius 2 is 1.73 bits per heavy atom. The third-order valence-corrected chi connectivity index (χ3v) is 6.34. The molecule has 2 fully saturated rings. The van der Waals surface area contributed by atoms with Gasteiger partial charge in [-0.3, -0.25) is 14.5 Å². The van der Waals surface area contributed by atoms with Gasteiger partial charge in [0.1, 0.15) is 5.76 Å². The van der Waals surface area contributed by atoms with Gasteiger partial charge in [-0.2, -0.15) is 0 Å². The van der Waals surface area contributed by atoms with E-state index in [9.17, 15) is 14.7 Å². The number of amides is 1. The minimum Gasteiger partial charge on any atom is -0.507 e. The van der Waals surface area contributed by atoms with Crippen LogP contribution in [0.2, 0.25) is 0 Å². The fourth-order valence-corrected chi connectivity index (χ4v) is 4.48. The van der Waals surface area contributed by atoms with Crippen LogP contribution >= 0.6 is 0 Å². The summed E-state index contributed by atoms with van der Waals surface area (Å²) >= 11 is 0. The second-order valence-electron chi connectivity index (χ2n) is 8.43. The Kier molecular flexibility index (Phi) is 5.78. The molecule has 0 saturated carbocycles. The molecule has 1 N–H and O–H groups in total. The standard InChI is InChI=1S/C25H26N2O6/c1-16-2-4-17(5-3-16)22-21(23(28)18-6-7-19-20(14-18)33-15-32-19)24(29)25(30)27(22)9-8-26-10-12-31-13-11-26/h2-7,14,22,28H,8-13,15H2,1H3. The topological polar surface area (TPSA) is 88.5 Å². The van der Waals surface area contributed by atoms with Gasteiger partial charge in [0.2, 0.25) is 6.79 Å². The highest BCUT2D eigenvalue weighted by Crippen LogP contribution is 2.41. The van der Waals surface area contributed by atoms with Gasteiger partial charge in [-0.1, -0.05) is 29.8 Å². The molecule has 0 bridgehead atoms. The van der Waals surface area contributed by atoms with Gasteiger partial charge in [-0.05, 0) is 30.7 Å². The normalized spacial score (nSPS) is 22.2. The lowest BCUT2D eigenvalue weighted by atomic mass is 9.94. The van der Waals surface area contributed by atoms with E-state index in [0.717, 1.165) is 24.2 Å². The number of ketones is 1. The van der Waals surface area contributed by atoms with Crippen LogP contribution in [-0.4, -0.2) is 72.8 Å². The van der Waals surface area contributed by atoms with Crippen molar-refractivity contribution in [2.24, 2.45) is 0 Å². The first-order chi connectivity index (χ1) is 16.0. The smallest absolute Gasteiger partial charge is 0.295 e. The van der Waals surface area contributed by atoms with Gasteiger partial charge >= 0.3 is 0 Å². The van der Waals surface area contributed by atoms with Crippen LogP contribution in [0.1, 0.15) is 22.7 Å². The Balaban J connectivity index is 1.53. The Bertz CT molecular complexity index is 1100. The first kappa shape index (κ1) is 21.5. The molecule has 3 aliphatic heterocycles. The summed E-state index contributed by atoms with van der Waals surface area (Å²) in [5.41, 5.74) is 2.34. The summed E-state index contributed by atoms with van der Waals surface area (Å²) in [5.74, 6) is -0.431. The van der Waals surface area contributed by atoms with E-state index >= 15 is 0 Å². The lowest BCUT2D eigenvalue weighted by molar-refractivity contribution is -0.140. The van der Waals surface area contributed by atoms with Crippen LogP contribution in [0.4, 0.5) is 0 Å². The van der Waals surface area contributed by atoms with Gasteiger partial charge in [-0.15, -0.1) is 0 Å². The van der Waals surface area contributed by atoms with Crippen molar-refractivity contribution in [2.45, 2.75) is 13.0 Å². The molecule has 0 radical (unpaired) electrons. The number of fused-ring (bicyclic) bond motifs is 1. The fourth-order valence-electron chi connectivity index (χ4n) is 4.48. The summed E-state index contributed by atoms with van der Waals surface area (Å²) in [6.07, 6.45) is 0. The number of Topliss-reactive ketones (excluding diaryl/α,β-unsaturated/α-hetero) is 1. The van der Waals surface area contributed by atoms with Gasteiger partial charge < -0.3 is 24.2 Å². The molecule has 3 heterocycles. The molecule has 0 spiro atoms. The summed E-state index contributed by atoms with van der Waals surface area (Å²) in [6, 6.07) is 12.0. The molecule has 3 aliphatic rings. The van der Waals surface area contributed by atoms with Crippen LogP contribution in [0, 0.1) is 6.92 Å². The fraction of sp³-hybridized carbons (Fsp3) is 0.360. The number of hydrogen-bond acceptors (Lipinski definition) is 7. The predicted molar refractivity (Wildman–Crippen MR) is 120 cm³/mol. The van der Waals surface area contributed by atoms with Crippen molar-refractivity contribution in [3.05, 3.63) is 64.7 Å². The summed E-state index contributed by atoms with van der Waals surface area (Å²) in [4.78, 5) is 30.1. The van der Waals surface area contributed by atoms with E-state index in [4.69, 9.17) is 14.2 Å². The van der Waals surface area contributed by atoms with Gasteiger partial charge in [0.15, 0.2) is 11.5 Å². The number of aryl methyl sites for hydroxylation is 1. The molecule has 2 saturated heterocycles. The maximum atomic E-state index is 13.2. The molecule has 172 valence electrons. The van der Waals surface area contributed by atoms with Crippen molar-refractivity contribution in [1.82, 2.24) is 9.80 Å². The number of hydrogen-bond donors (Lipinski definition) is 1. The molecule has 0 aromatic heterocycles. The first-order valence-corrected chi connectivity index (χ1v) is 11.1. The number of carbonyl (C=O) groups is 2. The van der Waals surface area contributed by atoms with E-state index in [0.29, 0.717) is 43.4 Å². The summed E-state index contributed by atoms with van der Waals surface area (Å²) in [7, 11) is 0. The van der Waals surface area contributed by atoms with Gasteiger partial charge in [0.25, 0.3) is 11.7 Å². The molecule has 1 unspecified atom stereocenters. The average molecular weight is 450 g/mol. The van der Waals surface area contributed by atoms with E-state index in [1.807, 2.05) is 31.2 Å². The molecule has 1 amide bonds. The van der Waals surface area contributed by atoms with Gasteiger partial charge in [0, 0.05) is 31.7 Å². The first-order valence-electron chi connectivity index (χ1n) is 11.1. The predicted octanol–water partition coefficient (Wildman–Crippen LogP) is 2.48. The van der Waals surface area contributed by atoms with E-state index in [2.05, 4.69) is 4.90 Å². The summed E-state index contributed by atoms with van der Waals surface area (Å²) < 4.78 is 16.2. The molecule has 8 heteroatoms. The lowest BCUT2D eigenvalue weighted by Crippen LogP contribution is -2.42. The van der Waals surface area contributed by atoms with E-state index in [1.165, 1.54) is 0 Å². The van der Waals surface area contributed by atoms with Crippen molar-refractivity contribution in [1.29, 1.82) is 0 Å². The number of morpholine rings is 1. The van der Waals surface area contributed by atoms with Crippen molar-refractivity contribution in [2.75, 3.05) is 46.2 Å². The molecule has 5 rings (SSSR count). The SMILES string of the molecule is Cc1ccc(C2C(=C(O)c3ccc4c(c3)OCO4)C(=O)C(=O)N2CCN2CCOCC2)cc1. The largest absolute Gasteiger partial charge is 0.507 e. The summed E-state index contributed by atoms with van der Waals surface area (Å²) in [5, 5.41) is 11.2. The van der Waals surface area contributed by atoms with Crippen LogP contribution in [-0.2, 0) is 14.3 Å². The Morgan fingerprint density at radius 3 is 2.48 bits per heavy atom. The Labute approximate surface area is 192 Å². The maximum absolute atomic E-state index is 13.2. The molecular formula is C25H26N2O6. The molecular weight excluding hydrogens is 424 g/mol. The van der Waals surface area contributed by atoms with Crippen LogP contribution in [0.5, 0.6) is 11.5 Å². The number of aliphatic hydroxyl groups excluding tert-OH is 1. The number of aliphatic hydroxyl groups is 1. The second kappa shape index (κ2) is 8.88. The van der Waals surface area contributed by atoms with Crippen molar-refractivity contribution < 1.29 is 28.9 Å². The highest BCUT2D eigenvalue weighted by Gasteiger charge is 2.46. The number of nitrogens with zero attached hydrogens (tertiary/aromatic N) is 2. The highest BCUT2D eigenvalue weighted by atomic mass is 16.7. The monoisotopic (exact) mass is 450 g/mol. The highest BCUT2D eigenvalue weighted by molar-refractivity contribution is 6.46. The lowest BCUT2D eigenvalue weighted by Gasteiger charge is -2.31. The third kappa shape index (κ3) is 4.07. The van der Waals surface area contributed by atoms with Crippen LogP contribution in [0.3, 0.4) is 0 Å². The van der Waals surface area contributed by atoms with Crippen LogP contribution < -0.4 is 9.47 Å². The zero-order chi connectivity index (χ0) is 22.9. The number of carbonyl (C=O) groups excluding carboxylic acids is 2. The minimum absolute atomic E-state index is 0.0877. The zero-order valence-electron chi connectivity index (χ0n) is 18.5. The van der Waals surface area contributed by atoms with E-state index < -0.39 is 17.7 Å². The molecule has 33 heavy (non-hydrogen) atoms. The van der Waals surface area contributed by atoms with Gasteiger partial charge in [-0.25, -0.2) is 0 Å². The number of ether oxygens (including phenoxy) is 3. The average Bonchev–Trinajstić information content (AvgIpc) is 3.41. The van der Waals surface area contributed by atoms with E-state index in [-0.39, 0.29) is 18.1 Å². The quantitative estimate of drug-likeness (QED) is 0.425. The molecule has 2 aromatic rings. The number of likely N-dealkylation sites (tertiary alicyclic amines) is 1. The van der Waals surface area contributed by atoms with Crippen molar-refractivity contribution >= 4 is 17.4 Å². The molecule has 1 atom stereocenters. The van der Waals surface area contributed by atoms with Gasteiger partial charge in [0.05, 0.1) is 24.8 Å². The Hall–Kier alpha value is -3.36. The van der Waals surface area contributed by atoms with Crippen molar-refractivity contribution in [3.8, 4) is 11.5 Å². The van der Waals surface area contributed by atoms with Crippen LogP contribution in [0.25, 0.3) is 5.76 Å². The summed E-state index contributed by atoms with van der Waals surface area (Å²) in [6.45, 7) is 5.98. The van der Waals surface area contributed by atoms with E-state index in [1.54, 1.807) is 23.1 Å². The molecule has 8 nitrogen and oxygen atoms in total. The number of rotatable bonds is 5. The van der Waals surface area contributed by atoms with Crippen LogP contribution in [0.15, 0.2) is 48.0 Å². The maximum Gasteiger partial charge on any atom is 0.295 e. The third-order valence-electron chi connectivity index (χ3n) is 6.34. The Morgan fingerprint density at radius 1 is 1.00 bits per heavy atom.